The highest BCUT2D eigenvalue weighted by atomic mass is 16.3. The number of aliphatic hydroxyl groups excluding tert-OH is 1. The molecule has 0 aliphatic heterocycles. The summed E-state index contributed by atoms with van der Waals surface area (Å²) < 4.78 is 1.87. The highest BCUT2D eigenvalue weighted by Gasteiger charge is 2.08. The summed E-state index contributed by atoms with van der Waals surface area (Å²) in [5.41, 5.74) is 0. The molecule has 1 rings (SSSR count). The van der Waals surface area contributed by atoms with Gasteiger partial charge in [0.15, 0.2) is 5.82 Å². The molecule has 1 unspecified atom stereocenters. The van der Waals surface area contributed by atoms with E-state index < -0.39 is 0 Å². The van der Waals surface area contributed by atoms with Crippen LogP contribution in [0, 0.1) is 0 Å². The Kier molecular flexibility index (Phi) is 3.39. The van der Waals surface area contributed by atoms with Gasteiger partial charge in [-0.3, -0.25) is 0 Å². The van der Waals surface area contributed by atoms with Crippen LogP contribution in [0.5, 0.6) is 0 Å². The van der Waals surface area contributed by atoms with Crippen molar-refractivity contribution in [3.8, 4) is 0 Å². The molecule has 0 spiro atoms. The molecule has 0 fully saturated rings. The van der Waals surface area contributed by atoms with Crippen molar-refractivity contribution in [1.82, 2.24) is 19.7 Å². The van der Waals surface area contributed by atoms with Crippen LogP contribution in [0.4, 0.5) is 0 Å². The average Bonchev–Trinajstić information content (AvgIpc) is 2.51. The van der Waals surface area contributed by atoms with Gasteiger partial charge in [-0.1, -0.05) is 0 Å². The van der Waals surface area contributed by atoms with Crippen LogP contribution in [0.1, 0.15) is 12.7 Å². The monoisotopic (exact) mass is 184 g/mol. The van der Waals surface area contributed by atoms with Crippen molar-refractivity contribution >= 4 is 0 Å². The third-order valence-corrected chi connectivity index (χ3v) is 2.18. The molecular weight excluding hydrogens is 168 g/mol. The molecule has 0 radical (unpaired) electrons. The Morgan fingerprint density at radius 3 is 2.85 bits per heavy atom. The van der Waals surface area contributed by atoms with Gasteiger partial charge < -0.3 is 14.6 Å². The van der Waals surface area contributed by atoms with E-state index in [2.05, 4.69) is 22.0 Å². The Balaban J connectivity index is 2.62. The molecule has 0 aromatic carbocycles. The van der Waals surface area contributed by atoms with E-state index in [1.54, 1.807) is 6.33 Å². The molecule has 0 saturated carbocycles. The number of nitrogens with zero attached hydrogens (tertiary/aromatic N) is 4. The third kappa shape index (κ3) is 2.50. The van der Waals surface area contributed by atoms with Crippen LogP contribution in [0.2, 0.25) is 0 Å². The van der Waals surface area contributed by atoms with E-state index >= 15 is 0 Å². The van der Waals surface area contributed by atoms with Crippen molar-refractivity contribution in [3.05, 3.63) is 12.2 Å². The number of hydrogen-bond acceptors (Lipinski definition) is 4. The van der Waals surface area contributed by atoms with Crippen LogP contribution in [-0.2, 0) is 13.2 Å². The molecule has 1 heterocycles. The number of rotatable bonds is 4. The van der Waals surface area contributed by atoms with Gasteiger partial charge >= 0.3 is 0 Å². The van der Waals surface area contributed by atoms with Gasteiger partial charge in [-0.25, -0.2) is 0 Å². The Morgan fingerprint density at radius 1 is 1.62 bits per heavy atom. The molecule has 0 saturated heterocycles. The number of aliphatic hydroxyl groups is 1. The van der Waals surface area contributed by atoms with Crippen LogP contribution < -0.4 is 0 Å². The summed E-state index contributed by atoms with van der Waals surface area (Å²) in [6.07, 6.45) is 1.64. The maximum absolute atomic E-state index is 8.92. The van der Waals surface area contributed by atoms with E-state index in [0.717, 1.165) is 6.54 Å². The fraction of sp³-hybridized carbons (Fsp3) is 0.750. The van der Waals surface area contributed by atoms with Crippen LogP contribution in [-0.4, -0.2) is 44.9 Å². The second kappa shape index (κ2) is 4.34. The fourth-order valence-corrected chi connectivity index (χ4v) is 1.00. The standard InChI is InChI=1S/C8H16N4O/c1-7(11(2)3)4-12-6-9-10-8(12)5-13/h6-7,13H,4-5H2,1-3H3. The first-order valence-electron chi connectivity index (χ1n) is 4.29. The molecule has 0 aliphatic carbocycles. The predicted octanol–water partition coefficient (Wildman–Crippen LogP) is -0.280. The van der Waals surface area contributed by atoms with Crippen molar-refractivity contribution < 1.29 is 5.11 Å². The molecule has 0 aliphatic rings. The zero-order chi connectivity index (χ0) is 9.84. The van der Waals surface area contributed by atoms with Crippen LogP contribution in [0.15, 0.2) is 6.33 Å². The molecule has 1 aromatic heterocycles. The number of aromatic nitrogens is 3. The van der Waals surface area contributed by atoms with Gasteiger partial charge in [0.25, 0.3) is 0 Å². The summed E-state index contributed by atoms with van der Waals surface area (Å²) in [6.45, 7) is 2.86. The Hall–Kier alpha value is -0.940. The van der Waals surface area contributed by atoms with Crippen molar-refractivity contribution in [2.24, 2.45) is 0 Å². The van der Waals surface area contributed by atoms with E-state index in [1.807, 2.05) is 18.7 Å². The number of likely N-dealkylation sites (N-methyl/N-ethyl adjacent to an activating group) is 1. The predicted molar refractivity (Wildman–Crippen MR) is 49.1 cm³/mol. The Labute approximate surface area is 78.0 Å². The molecule has 1 aromatic rings. The molecule has 1 N–H and O–H groups in total. The van der Waals surface area contributed by atoms with Gasteiger partial charge in [-0.05, 0) is 21.0 Å². The van der Waals surface area contributed by atoms with Crippen molar-refractivity contribution in [1.29, 1.82) is 0 Å². The normalized spacial score (nSPS) is 13.6. The average molecular weight is 184 g/mol. The minimum absolute atomic E-state index is 0.0554. The summed E-state index contributed by atoms with van der Waals surface area (Å²) in [7, 11) is 4.04. The lowest BCUT2D eigenvalue weighted by Crippen LogP contribution is -2.29. The molecule has 74 valence electrons. The molecule has 5 nitrogen and oxygen atoms in total. The van der Waals surface area contributed by atoms with Crippen LogP contribution in [0.3, 0.4) is 0 Å². The lowest BCUT2D eigenvalue weighted by Gasteiger charge is -2.20. The molecular formula is C8H16N4O. The molecule has 5 heteroatoms. The Morgan fingerprint density at radius 2 is 2.31 bits per heavy atom. The van der Waals surface area contributed by atoms with E-state index in [9.17, 15) is 0 Å². The summed E-state index contributed by atoms with van der Waals surface area (Å²) in [5.74, 6) is 0.619. The summed E-state index contributed by atoms with van der Waals surface area (Å²) in [5, 5.41) is 16.5. The Bertz CT molecular complexity index is 258. The number of hydrogen-bond donors (Lipinski definition) is 1. The first-order valence-corrected chi connectivity index (χ1v) is 4.29. The van der Waals surface area contributed by atoms with Gasteiger partial charge in [0.2, 0.25) is 0 Å². The van der Waals surface area contributed by atoms with Crippen molar-refractivity contribution in [2.45, 2.75) is 26.1 Å². The SMILES string of the molecule is CC(Cn1cnnc1CO)N(C)C. The second-order valence-electron chi connectivity index (χ2n) is 3.37. The minimum atomic E-state index is -0.0554. The summed E-state index contributed by atoms with van der Waals surface area (Å²) in [6, 6.07) is 0.404. The smallest absolute Gasteiger partial charge is 0.158 e. The topological polar surface area (TPSA) is 54.2 Å². The highest BCUT2D eigenvalue weighted by Crippen LogP contribution is 2.00. The van der Waals surface area contributed by atoms with Gasteiger partial charge in [-0.15, -0.1) is 10.2 Å². The van der Waals surface area contributed by atoms with Gasteiger partial charge in [0, 0.05) is 12.6 Å². The van der Waals surface area contributed by atoms with E-state index in [-0.39, 0.29) is 6.61 Å². The summed E-state index contributed by atoms with van der Waals surface area (Å²) in [4.78, 5) is 2.11. The van der Waals surface area contributed by atoms with Crippen LogP contribution >= 0.6 is 0 Å². The van der Waals surface area contributed by atoms with E-state index in [0.29, 0.717) is 11.9 Å². The van der Waals surface area contributed by atoms with E-state index in [4.69, 9.17) is 5.11 Å². The van der Waals surface area contributed by atoms with Gasteiger partial charge in [0.05, 0.1) is 0 Å². The minimum Gasteiger partial charge on any atom is -0.388 e. The maximum atomic E-state index is 8.92. The van der Waals surface area contributed by atoms with Crippen LogP contribution in [0.25, 0.3) is 0 Å². The lowest BCUT2D eigenvalue weighted by molar-refractivity contribution is 0.247. The van der Waals surface area contributed by atoms with Crippen molar-refractivity contribution in [2.75, 3.05) is 14.1 Å². The van der Waals surface area contributed by atoms with Gasteiger partial charge in [0.1, 0.15) is 12.9 Å². The molecule has 0 amide bonds. The zero-order valence-corrected chi connectivity index (χ0v) is 8.30. The largest absolute Gasteiger partial charge is 0.388 e. The first-order chi connectivity index (χ1) is 6.15. The fourth-order valence-electron chi connectivity index (χ4n) is 1.00. The molecule has 0 bridgehead atoms. The molecule has 13 heavy (non-hydrogen) atoms. The third-order valence-electron chi connectivity index (χ3n) is 2.18. The lowest BCUT2D eigenvalue weighted by atomic mass is 10.3. The van der Waals surface area contributed by atoms with E-state index in [1.165, 1.54) is 0 Å². The highest BCUT2D eigenvalue weighted by molar-refractivity contribution is 4.83. The summed E-state index contributed by atoms with van der Waals surface area (Å²) >= 11 is 0. The first kappa shape index (κ1) is 10.1. The molecule has 1 atom stereocenters. The van der Waals surface area contributed by atoms with Gasteiger partial charge in [-0.2, -0.15) is 0 Å². The second-order valence-corrected chi connectivity index (χ2v) is 3.37. The quantitative estimate of drug-likeness (QED) is 0.699. The van der Waals surface area contributed by atoms with Crippen molar-refractivity contribution in [3.63, 3.8) is 0 Å². The maximum Gasteiger partial charge on any atom is 0.158 e. The zero-order valence-electron chi connectivity index (χ0n) is 8.30.